The minimum atomic E-state index is -5.69. The average molecular weight is 939 g/mol. The molecule has 14 heteroatoms. The van der Waals surface area contributed by atoms with Gasteiger partial charge in [-0.15, -0.1) is 68.0 Å². The van der Waals surface area contributed by atoms with Gasteiger partial charge < -0.3 is 0 Å². The maximum absolute atomic E-state index is 16.5. The molecule has 6 aromatic rings. The van der Waals surface area contributed by atoms with Crippen LogP contribution in [0.5, 0.6) is 0 Å². The van der Waals surface area contributed by atoms with Gasteiger partial charge >= 0.3 is 17.8 Å². The maximum Gasteiger partial charge on any atom is 0.380 e. The van der Waals surface area contributed by atoms with E-state index in [0.29, 0.717) is 27.1 Å². The molecule has 7 rings (SSSR count). The van der Waals surface area contributed by atoms with Crippen molar-refractivity contribution < 1.29 is 26.3 Å². The quantitative estimate of drug-likeness (QED) is 0.146. The van der Waals surface area contributed by atoms with Crippen LogP contribution in [0.3, 0.4) is 0 Å². The smallest absolute Gasteiger partial charge is 0.194 e. The number of rotatable bonds is 6. The van der Waals surface area contributed by atoms with Crippen LogP contribution in [0.25, 0.3) is 50.2 Å². The van der Waals surface area contributed by atoms with Crippen molar-refractivity contribution in [1.82, 2.24) is 0 Å². The molecular formula is C37H28Br2F6S6. The minimum Gasteiger partial charge on any atom is -0.194 e. The number of hydrogen-bond acceptors (Lipinski definition) is 6. The van der Waals surface area contributed by atoms with Crippen molar-refractivity contribution in [3.8, 4) is 39.0 Å². The summed E-state index contributed by atoms with van der Waals surface area (Å²) in [4.78, 5) is 6.10. The van der Waals surface area contributed by atoms with Gasteiger partial charge in [0, 0.05) is 61.3 Å². The van der Waals surface area contributed by atoms with Crippen LogP contribution in [0.1, 0.15) is 62.4 Å². The molecule has 6 heterocycles. The topological polar surface area (TPSA) is 0 Å². The van der Waals surface area contributed by atoms with E-state index in [-0.39, 0.29) is 31.7 Å². The Morgan fingerprint density at radius 1 is 0.451 bits per heavy atom. The van der Waals surface area contributed by atoms with Crippen LogP contribution in [-0.4, -0.2) is 17.8 Å². The zero-order chi connectivity index (χ0) is 37.1. The third kappa shape index (κ3) is 6.34. The van der Waals surface area contributed by atoms with E-state index in [0.717, 1.165) is 42.2 Å². The summed E-state index contributed by atoms with van der Waals surface area (Å²) in [5.74, 6) is -16.1. The highest BCUT2D eigenvalue weighted by Crippen LogP contribution is 2.68. The molecule has 268 valence electrons. The molecule has 0 saturated heterocycles. The first kappa shape index (κ1) is 37.8. The Hall–Kier alpha value is -1.52. The van der Waals surface area contributed by atoms with Crippen LogP contribution in [0.2, 0.25) is 0 Å². The highest BCUT2D eigenvalue weighted by atomic mass is 79.9. The summed E-state index contributed by atoms with van der Waals surface area (Å²) in [6.45, 7) is 12.3. The Balaban J connectivity index is 1.55. The first-order chi connectivity index (χ1) is 23.6. The van der Waals surface area contributed by atoms with Gasteiger partial charge in [0.15, 0.2) is 0 Å². The standard InChI is InChI=1S/C37H28Br2F6S6/c1-33(2,3)25-11-7-19(46-25)23-15-17(31(50-23)21-9-13-27(38)48-21)29-30(36(42,43)37(44,45)35(29,40)41)18-16-24(20-8-12-26(47-20)34(4,5)6)51-32(18)22-10-14-28(39)49-22/h7-16H,1-6H3. The SMILES string of the molecule is CC(C)(C)c1ccc(-c2cc(C3=C(c4cc(-c5ccc(C(C)(C)C)s5)sc4-c4ccc(Br)s4)C(F)(F)C(F)(F)C3(F)F)c(-c3ccc(Br)s3)s2)s1. The van der Waals surface area contributed by atoms with Crippen molar-refractivity contribution in [2.45, 2.75) is 70.1 Å². The summed E-state index contributed by atoms with van der Waals surface area (Å²) in [7, 11) is 0. The van der Waals surface area contributed by atoms with E-state index in [2.05, 4.69) is 73.4 Å². The average Bonchev–Trinajstić information content (AvgIpc) is 3.86. The fourth-order valence-corrected chi connectivity index (χ4v) is 13.5. The van der Waals surface area contributed by atoms with Crippen LogP contribution >= 0.6 is 99.9 Å². The molecule has 0 amide bonds. The summed E-state index contributed by atoms with van der Waals surface area (Å²) in [6, 6.07) is 17.3. The molecule has 1 aliphatic carbocycles. The largest absolute Gasteiger partial charge is 0.380 e. The monoisotopic (exact) mass is 936 g/mol. The van der Waals surface area contributed by atoms with Gasteiger partial charge in [0.1, 0.15) is 0 Å². The van der Waals surface area contributed by atoms with Gasteiger partial charge in [-0.2, -0.15) is 26.3 Å². The van der Waals surface area contributed by atoms with E-state index < -0.39 is 28.9 Å². The molecule has 0 spiro atoms. The Morgan fingerprint density at radius 3 is 1.10 bits per heavy atom. The number of allylic oxidation sites excluding steroid dienone is 2. The Labute approximate surface area is 332 Å². The van der Waals surface area contributed by atoms with Crippen molar-refractivity contribution >= 4 is 111 Å². The van der Waals surface area contributed by atoms with Gasteiger partial charge in [-0.05, 0) is 103 Å². The molecular weight excluding hydrogens is 911 g/mol. The summed E-state index contributed by atoms with van der Waals surface area (Å²) in [5, 5.41) is 0. The number of hydrogen-bond donors (Lipinski definition) is 0. The van der Waals surface area contributed by atoms with E-state index in [9.17, 15) is 0 Å². The summed E-state index contributed by atoms with van der Waals surface area (Å²) in [5.41, 5.74) is -3.69. The van der Waals surface area contributed by atoms with E-state index in [4.69, 9.17) is 0 Å². The zero-order valence-electron chi connectivity index (χ0n) is 27.7. The summed E-state index contributed by atoms with van der Waals surface area (Å²) >= 11 is 14.5. The molecule has 1 aliphatic rings. The Bertz CT molecular complexity index is 2150. The molecule has 0 saturated carbocycles. The van der Waals surface area contributed by atoms with Crippen LogP contribution in [0.15, 0.2) is 68.2 Å². The van der Waals surface area contributed by atoms with Gasteiger partial charge in [-0.3, -0.25) is 0 Å². The van der Waals surface area contributed by atoms with Crippen molar-refractivity contribution in [3.63, 3.8) is 0 Å². The molecule has 0 N–H and O–H groups in total. The third-order valence-electron chi connectivity index (χ3n) is 8.44. The van der Waals surface area contributed by atoms with Crippen LogP contribution in [0.4, 0.5) is 26.3 Å². The Morgan fingerprint density at radius 2 is 0.804 bits per heavy atom. The number of halogens is 8. The van der Waals surface area contributed by atoms with Crippen LogP contribution < -0.4 is 0 Å². The van der Waals surface area contributed by atoms with Crippen LogP contribution in [-0.2, 0) is 10.8 Å². The molecule has 6 aromatic heterocycles. The zero-order valence-corrected chi connectivity index (χ0v) is 35.8. The second-order valence-corrected chi connectivity index (χ2v) is 23.4. The van der Waals surface area contributed by atoms with Crippen molar-refractivity contribution in [2.24, 2.45) is 0 Å². The third-order valence-corrected chi connectivity index (χ3v) is 17.7. The van der Waals surface area contributed by atoms with Gasteiger partial charge in [0.25, 0.3) is 0 Å². The lowest BCUT2D eigenvalue weighted by molar-refractivity contribution is -0.254. The fraction of sp³-hybridized carbons (Fsp3) is 0.297. The molecule has 0 aliphatic heterocycles. The van der Waals surface area contributed by atoms with Crippen LogP contribution in [0, 0.1) is 0 Å². The maximum atomic E-state index is 16.5. The second-order valence-electron chi connectivity index (χ2n) is 14.2. The summed E-state index contributed by atoms with van der Waals surface area (Å²) < 4.78 is 99.0. The van der Waals surface area contributed by atoms with E-state index in [1.807, 2.05) is 24.3 Å². The van der Waals surface area contributed by atoms with Crippen molar-refractivity contribution in [2.75, 3.05) is 0 Å². The molecule has 0 aromatic carbocycles. The lowest BCUT2D eigenvalue weighted by Gasteiger charge is -2.25. The molecule has 0 nitrogen and oxygen atoms in total. The van der Waals surface area contributed by atoms with Gasteiger partial charge in [0.2, 0.25) is 0 Å². The normalized spacial score (nSPS) is 17.2. The predicted molar refractivity (Wildman–Crippen MR) is 216 cm³/mol. The Kier molecular flexibility index (Phi) is 9.47. The molecule has 0 radical (unpaired) electrons. The van der Waals surface area contributed by atoms with Gasteiger partial charge in [-0.25, -0.2) is 0 Å². The van der Waals surface area contributed by atoms with E-state index in [1.54, 1.807) is 24.3 Å². The van der Waals surface area contributed by atoms with E-state index >= 15 is 26.3 Å². The first-order valence-corrected chi connectivity index (χ1v) is 22.0. The van der Waals surface area contributed by atoms with Gasteiger partial charge in [0.05, 0.1) is 17.3 Å². The predicted octanol–water partition coefficient (Wildman–Crippen LogP) is 16.7. The number of alkyl halides is 6. The highest BCUT2D eigenvalue weighted by molar-refractivity contribution is 9.11. The lowest BCUT2D eigenvalue weighted by Crippen LogP contribution is -2.48. The van der Waals surface area contributed by atoms with Gasteiger partial charge in [-0.1, -0.05) is 41.5 Å². The summed E-state index contributed by atoms with van der Waals surface area (Å²) in [6.07, 6.45) is 0. The van der Waals surface area contributed by atoms with Crippen molar-refractivity contribution in [1.29, 1.82) is 0 Å². The molecule has 0 unspecified atom stereocenters. The highest BCUT2D eigenvalue weighted by Gasteiger charge is 2.80. The number of thiophene rings is 6. The second kappa shape index (κ2) is 12.8. The van der Waals surface area contributed by atoms with E-state index in [1.165, 1.54) is 57.5 Å². The first-order valence-electron chi connectivity index (χ1n) is 15.5. The lowest BCUT2D eigenvalue weighted by atomic mass is 9.94. The molecule has 0 fully saturated rings. The minimum absolute atomic E-state index is 0.192. The molecule has 51 heavy (non-hydrogen) atoms. The molecule has 0 atom stereocenters. The fourth-order valence-electron chi connectivity index (χ4n) is 5.81. The van der Waals surface area contributed by atoms with Crippen molar-refractivity contribution in [3.05, 3.63) is 89.1 Å². The molecule has 0 bridgehead atoms.